The Morgan fingerprint density at radius 3 is 2.48 bits per heavy atom. The van der Waals surface area contributed by atoms with Gasteiger partial charge in [-0.05, 0) is 36.8 Å². The van der Waals surface area contributed by atoms with Crippen molar-refractivity contribution in [3.05, 3.63) is 51.6 Å². The van der Waals surface area contributed by atoms with E-state index in [1.165, 1.54) is 30.5 Å². The first-order chi connectivity index (χ1) is 9.85. The fourth-order valence-electron chi connectivity index (χ4n) is 1.54. The van der Waals surface area contributed by atoms with E-state index in [0.717, 1.165) is 0 Å². The molecule has 0 atom stereocenters. The van der Waals surface area contributed by atoms with Gasteiger partial charge in [-0.2, -0.15) is 5.26 Å². The first-order valence-corrected chi connectivity index (χ1v) is 7.92. The molecule has 0 aliphatic rings. The summed E-state index contributed by atoms with van der Waals surface area (Å²) in [5.74, 6) is -0.0483. The highest BCUT2D eigenvalue weighted by atomic mass is 35.5. The van der Waals surface area contributed by atoms with E-state index >= 15 is 0 Å². The summed E-state index contributed by atoms with van der Waals surface area (Å²) in [6.07, 6.45) is 1.38. The van der Waals surface area contributed by atoms with Gasteiger partial charge in [-0.15, -0.1) is 0 Å². The summed E-state index contributed by atoms with van der Waals surface area (Å²) in [5.41, 5.74) is 0.707. The Bertz CT molecular complexity index is 822. The maximum atomic E-state index is 12.3. The molecule has 0 aliphatic carbocycles. The van der Waals surface area contributed by atoms with Crippen molar-refractivity contribution >= 4 is 39.0 Å². The number of nitrogens with zero attached hydrogens (tertiary/aromatic N) is 2. The molecule has 1 heterocycles. The van der Waals surface area contributed by atoms with Gasteiger partial charge in [-0.1, -0.05) is 23.2 Å². The lowest BCUT2D eigenvalue weighted by atomic mass is 10.2. The summed E-state index contributed by atoms with van der Waals surface area (Å²) >= 11 is 11.9. The van der Waals surface area contributed by atoms with Crippen molar-refractivity contribution < 1.29 is 8.42 Å². The predicted octanol–water partition coefficient (Wildman–Crippen LogP) is 3.37. The molecule has 1 aromatic heterocycles. The van der Waals surface area contributed by atoms with Crippen LogP contribution in [0.2, 0.25) is 10.0 Å². The normalized spacial score (nSPS) is 11.0. The van der Waals surface area contributed by atoms with Gasteiger partial charge in [0.15, 0.2) is 5.82 Å². The van der Waals surface area contributed by atoms with E-state index in [1.807, 2.05) is 6.07 Å². The van der Waals surface area contributed by atoms with Crippen LogP contribution in [0.4, 0.5) is 5.82 Å². The maximum Gasteiger partial charge on any atom is 0.263 e. The van der Waals surface area contributed by atoms with Gasteiger partial charge in [0.1, 0.15) is 6.07 Å². The van der Waals surface area contributed by atoms with Crippen molar-refractivity contribution in [3.63, 3.8) is 0 Å². The molecule has 5 nitrogen and oxygen atoms in total. The van der Waals surface area contributed by atoms with Gasteiger partial charge >= 0.3 is 0 Å². The van der Waals surface area contributed by atoms with Gasteiger partial charge in [0.2, 0.25) is 0 Å². The second kappa shape index (κ2) is 5.90. The van der Waals surface area contributed by atoms with Crippen molar-refractivity contribution in [1.29, 1.82) is 5.26 Å². The first-order valence-electron chi connectivity index (χ1n) is 5.69. The zero-order valence-corrected chi connectivity index (χ0v) is 13.1. The monoisotopic (exact) mass is 341 g/mol. The van der Waals surface area contributed by atoms with E-state index in [0.29, 0.717) is 5.56 Å². The number of benzene rings is 1. The number of hydrogen-bond acceptors (Lipinski definition) is 4. The van der Waals surface area contributed by atoms with E-state index in [2.05, 4.69) is 9.71 Å². The summed E-state index contributed by atoms with van der Waals surface area (Å²) in [7, 11) is -3.94. The molecule has 0 unspecified atom stereocenters. The molecule has 1 aromatic carbocycles. The Hall–Kier alpha value is -1.81. The van der Waals surface area contributed by atoms with Crippen LogP contribution in [0, 0.1) is 18.3 Å². The molecule has 0 fully saturated rings. The smallest absolute Gasteiger partial charge is 0.262 e. The maximum absolute atomic E-state index is 12.3. The third-order valence-corrected chi connectivity index (χ3v) is 4.83. The molecule has 0 aliphatic heterocycles. The molecule has 2 rings (SSSR count). The standard InChI is InChI=1S/C13H9Cl2N3O2S/c1-8-11(14)5-10(6-12(8)15)21(19,20)18-13-9(7-16)3-2-4-17-13/h2-6H,1H3,(H,17,18). The number of halogens is 2. The molecule has 0 spiro atoms. The fraction of sp³-hybridized carbons (Fsp3) is 0.0769. The van der Waals surface area contributed by atoms with Crippen molar-refractivity contribution in [2.45, 2.75) is 11.8 Å². The van der Waals surface area contributed by atoms with Gasteiger partial charge in [0.25, 0.3) is 10.0 Å². The highest BCUT2D eigenvalue weighted by Crippen LogP contribution is 2.28. The Kier molecular flexibility index (Phi) is 4.37. The second-order valence-corrected chi connectivity index (χ2v) is 6.63. The second-order valence-electron chi connectivity index (χ2n) is 4.13. The van der Waals surface area contributed by atoms with Crippen LogP contribution in [0.3, 0.4) is 0 Å². The number of pyridine rings is 1. The van der Waals surface area contributed by atoms with Crippen LogP contribution in [0.25, 0.3) is 0 Å². The first kappa shape index (κ1) is 15.6. The highest BCUT2D eigenvalue weighted by Gasteiger charge is 2.19. The lowest BCUT2D eigenvalue weighted by Gasteiger charge is -2.10. The van der Waals surface area contributed by atoms with Gasteiger partial charge in [0.05, 0.1) is 10.5 Å². The molecule has 0 saturated carbocycles. The number of hydrogen-bond donors (Lipinski definition) is 1. The third kappa shape index (κ3) is 3.27. The zero-order valence-electron chi connectivity index (χ0n) is 10.8. The van der Waals surface area contributed by atoms with E-state index in [1.54, 1.807) is 6.92 Å². The van der Waals surface area contributed by atoms with Crippen molar-refractivity contribution in [2.75, 3.05) is 4.72 Å². The Morgan fingerprint density at radius 2 is 1.90 bits per heavy atom. The topological polar surface area (TPSA) is 82.8 Å². The van der Waals surface area contributed by atoms with E-state index in [9.17, 15) is 8.42 Å². The Balaban J connectivity index is 2.47. The number of nitrogens with one attached hydrogen (secondary N) is 1. The van der Waals surface area contributed by atoms with Crippen LogP contribution in [-0.2, 0) is 10.0 Å². The van der Waals surface area contributed by atoms with Crippen molar-refractivity contribution in [3.8, 4) is 6.07 Å². The molecular formula is C13H9Cl2N3O2S. The SMILES string of the molecule is Cc1c(Cl)cc(S(=O)(=O)Nc2ncccc2C#N)cc1Cl. The summed E-state index contributed by atoms with van der Waals surface area (Å²) < 4.78 is 26.9. The van der Waals surface area contributed by atoms with Crippen LogP contribution >= 0.6 is 23.2 Å². The third-order valence-electron chi connectivity index (χ3n) is 2.72. The summed E-state index contributed by atoms with van der Waals surface area (Å²) in [4.78, 5) is 3.74. The highest BCUT2D eigenvalue weighted by molar-refractivity contribution is 7.92. The molecular weight excluding hydrogens is 333 g/mol. The van der Waals surface area contributed by atoms with Gasteiger partial charge in [-0.3, -0.25) is 4.72 Å². The molecule has 0 radical (unpaired) electrons. The number of aromatic nitrogens is 1. The minimum atomic E-state index is -3.94. The molecule has 1 N–H and O–H groups in total. The van der Waals surface area contributed by atoms with Crippen LogP contribution in [0.5, 0.6) is 0 Å². The van der Waals surface area contributed by atoms with Crippen molar-refractivity contribution in [2.24, 2.45) is 0 Å². The average Bonchev–Trinajstić information content (AvgIpc) is 2.44. The summed E-state index contributed by atoms with van der Waals surface area (Å²) in [5, 5.41) is 9.42. The molecule has 0 bridgehead atoms. The van der Waals surface area contributed by atoms with Crippen LogP contribution in [0.15, 0.2) is 35.4 Å². The Labute approximate surface area is 132 Å². The Morgan fingerprint density at radius 1 is 1.29 bits per heavy atom. The molecule has 108 valence electrons. The predicted molar refractivity (Wildman–Crippen MR) is 81.0 cm³/mol. The quantitative estimate of drug-likeness (QED) is 0.927. The van der Waals surface area contributed by atoms with E-state index < -0.39 is 10.0 Å². The van der Waals surface area contributed by atoms with Crippen molar-refractivity contribution in [1.82, 2.24) is 4.98 Å². The fourth-order valence-corrected chi connectivity index (χ4v) is 3.24. The van der Waals surface area contributed by atoms with E-state index in [4.69, 9.17) is 28.5 Å². The number of sulfonamides is 1. The van der Waals surface area contributed by atoms with Gasteiger partial charge < -0.3 is 0 Å². The van der Waals surface area contributed by atoms with E-state index in [-0.39, 0.29) is 26.3 Å². The molecule has 2 aromatic rings. The summed E-state index contributed by atoms with van der Waals surface area (Å²) in [6, 6.07) is 7.44. The van der Waals surface area contributed by atoms with Crippen LogP contribution in [0.1, 0.15) is 11.1 Å². The molecule has 0 amide bonds. The lowest BCUT2D eigenvalue weighted by molar-refractivity contribution is 0.601. The number of anilines is 1. The number of nitriles is 1. The van der Waals surface area contributed by atoms with Crippen LogP contribution < -0.4 is 4.72 Å². The summed E-state index contributed by atoms with van der Waals surface area (Å²) in [6.45, 7) is 1.68. The minimum absolute atomic E-state index is 0.0483. The van der Waals surface area contributed by atoms with Gasteiger partial charge in [0, 0.05) is 16.2 Å². The van der Waals surface area contributed by atoms with Crippen LogP contribution in [-0.4, -0.2) is 13.4 Å². The zero-order chi connectivity index (χ0) is 15.6. The largest absolute Gasteiger partial charge is 0.263 e. The minimum Gasteiger partial charge on any atom is -0.262 e. The number of rotatable bonds is 3. The van der Waals surface area contributed by atoms with Gasteiger partial charge in [-0.25, -0.2) is 13.4 Å². The molecule has 0 saturated heterocycles. The average molecular weight is 342 g/mol. The molecule has 21 heavy (non-hydrogen) atoms. The lowest BCUT2D eigenvalue weighted by Crippen LogP contribution is -2.15. The molecule has 8 heteroatoms.